The number of imide groups is 1. The molecule has 2 aliphatic rings. The normalized spacial score (nSPS) is 22.9. The predicted molar refractivity (Wildman–Crippen MR) is 135 cm³/mol. The third-order valence-corrected chi connectivity index (χ3v) is 7.64. The minimum atomic E-state index is -0.816. The Bertz CT molecular complexity index is 1210. The summed E-state index contributed by atoms with van der Waals surface area (Å²) in [6, 6.07) is 7.35. The topological polar surface area (TPSA) is 123 Å². The van der Waals surface area contributed by atoms with Crippen LogP contribution in [0.4, 0.5) is 9.59 Å². The number of carbonyl (C=O) groups excluding carboxylic acids is 3. The van der Waals surface area contributed by atoms with Crippen molar-refractivity contribution >= 4 is 29.0 Å². The lowest BCUT2D eigenvalue weighted by Gasteiger charge is -2.41. The second-order valence-corrected chi connectivity index (χ2v) is 10.6. The zero-order valence-corrected chi connectivity index (χ0v) is 21.7. The van der Waals surface area contributed by atoms with E-state index in [1.807, 2.05) is 45.0 Å². The van der Waals surface area contributed by atoms with Crippen LogP contribution in [0.2, 0.25) is 0 Å². The van der Waals surface area contributed by atoms with E-state index in [9.17, 15) is 19.5 Å². The molecule has 0 spiro atoms. The number of thioether (sulfide) groups is 1. The summed E-state index contributed by atoms with van der Waals surface area (Å²) in [7, 11) is 1.49. The lowest BCUT2D eigenvalue weighted by Crippen LogP contribution is -2.45. The van der Waals surface area contributed by atoms with Gasteiger partial charge in [0.25, 0.3) is 5.24 Å². The lowest BCUT2D eigenvalue weighted by molar-refractivity contribution is -0.118. The van der Waals surface area contributed by atoms with E-state index in [1.165, 1.54) is 7.05 Å². The Morgan fingerprint density at radius 2 is 1.89 bits per heavy atom. The molecule has 4 rings (SSSR count). The van der Waals surface area contributed by atoms with E-state index < -0.39 is 23.0 Å². The Morgan fingerprint density at radius 1 is 1.19 bits per heavy atom. The average Bonchev–Trinajstić information content (AvgIpc) is 3.16. The van der Waals surface area contributed by atoms with Gasteiger partial charge in [-0.2, -0.15) is 0 Å². The molecule has 36 heavy (non-hydrogen) atoms. The van der Waals surface area contributed by atoms with Crippen LogP contribution in [0, 0.1) is 20.8 Å². The first-order chi connectivity index (χ1) is 17.0. The Labute approximate surface area is 213 Å². The van der Waals surface area contributed by atoms with Gasteiger partial charge in [-0.1, -0.05) is 23.9 Å². The zero-order valence-electron chi connectivity index (χ0n) is 20.9. The summed E-state index contributed by atoms with van der Waals surface area (Å²) < 4.78 is 18.2. The third-order valence-electron chi connectivity index (χ3n) is 6.66. The molecule has 10 heteroatoms. The van der Waals surface area contributed by atoms with Gasteiger partial charge >= 0.3 is 6.09 Å². The molecule has 3 unspecified atom stereocenters. The first-order valence-electron chi connectivity index (χ1n) is 11.6. The third kappa shape index (κ3) is 5.09. The smallest absolute Gasteiger partial charge is 0.407 e. The van der Waals surface area contributed by atoms with E-state index in [4.69, 9.17) is 14.2 Å². The fourth-order valence-corrected chi connectivity index (χ4v) is 5.37. The number of fused-ring (bicyclic) bond motifs is 1. The quantitative estimate of drug-likeness (QED) is 0.523. The Morgan fingerprint density at radius 3 is 2.50 bits per heavy atom. The SMILES string of the molecule is CNC(=O)OC1CC(C)(COc2ccc(CC3SC(=O)NC3=O)cc2)Oc2c(C)c(C)c(O)c(C)c21. The predicted octanol–water partition coefficient (Wildman–Crippen LogP) is 4.23. The monoisotopic (exact) mass is 514 g/mol. The molecule has 0 bridgehead atoms. The summed E-state index contributed by atoms with van der Waals surface area (Å²) in [4.78, 5) is 35.3. The van der Waals surface area contributed by atoms with Gasteiger partial charge in [0.05, 0.1) is 5.25 Å². The molecule has 0 saturated carbocycles. The minimum absolute atomic E-state index is 0.165. The summed E-state index contributed by atoms with van der Waals surface area (Å²) in [5, 5.41) is 14.6. The van der Waals surface area contributed by atoms with Crippen molar-refractivity contribution in [1.82, 2.24) is 10.6 Å². The van der Waals surface area contributed by atoms with Gasteiger partial charge in [-0.3, -0.25) is 14.9 Å². The Balaban J connectivity index is 1.51. The number of benzene rings is 2. The van der Waals surface area contributed by atoms with E-state index in [0.29, 0.717) is 41.0 Å². The van der Waals surface area contributed by atoms with Gasteiger partial charge in [-0.05, 0) is 62.9 Å². The summed E-state index contributed by atoms with van der Waals surface area (Å²) >= 11 is 1.00. The van der Waals surface area contributed by atoms with Crippen molar-refractivity contribution in [2.45, 2.75) is 57.5 Å². The molecule has 1 saturated heterocycles. The molecule has 2 aromatic carbocycles. The highest BCUT2D eigenvalue weighted by Crippen LogP contribution is 2.49. The number of hydrogen-bond donors (Lipinski definition) is 3. The molecule has 3 atom stereocenters. The van der Waals surface area contributed by atoms with Crippen LogP contribution < -0.4 is 20.1 Å². The van der Waals surface area contributed by atoms with Gasteiger partial charge < -0.3 is 24.6 Å². The van der Waals surface area contributed by atoms with Crippen LogP contribution in [0.5, 0.6) is 17.2 Å². The number of alkyl carbamates (subject to hydrolysis) is 1. The largest absolute Gasteiger partial charge is 0.507 e. The Kier molecular flexibility index (Phi) is 7.08. The van der Waals surface area contributed by atoms with E-state index in [-0.39, 0.29) is 23.5 Å². The zero-order chi connectivity index (χ0) is 26.2. The second-order valence-electron chi connectivity index (χ2n) is 9.39. The number of hydrogen-bond acceptors (Lipinski definition) is 8. The van der Waals surface area contributed by atoms with Crippen molar-refractivity contribution in [2.24, 2.45) is 0 Å². The summed E-state index contributed by atoms with van der Waals surface area (Å²) in [6.45, 7) is 7.56. The maximum absolute atomic E-state index is 12.1. The number of aromatic hydroxyl groups is 1. The number of phenolic OH excluding ortho intramolecular Hbond substituents is 1. The number of ether oxygens (including phenoxy) is 3. The average molecular weight is 515 g/mol. The van der Waals surface area contributed by atoms with Crippen LogP contribution in [-0.2, 0) is 16.0 Å². The summed E-state index contributed by atoms with van der Waals surface area (Å²) in [5.41, 5.74) is 2.87. The fraction of sp³-hybridized carbons (Fsp3) is 0.423. The first kappa shape index (κ1) is 25.7. The molecule has 0 radical (unpaired) electrons. The molecule has 2 heterocycles. The molecule has 1 fully saturated rings. The Hall–Kier alpha value is -3.40. The van der Waals surface area contributed by atoms with Crippen molar-refractivity contribution in [2.75, 3.05) is 13.7 Å². The number of nitrogens with one attached hydrogen (secondary N) is 2. The van der Waals surface area contributed by atoms with Crippen LogP contribution in [0.25, 0.3) is 0 Å². The van der Waals surface area contributed by atoms with E-state index >= 15 is 0 Å². The van der Waals surface area contributed by atoms with Crippen LogP contribution in [-0.4, -0.2) is 46.9 Å². The molecular weight excluding hydrogens is 484 g/mol. The van der Waals surface area contributed by atoms with Gasteiger partial charge in [-0.15, -0.1) is 0 Å². The van der Waals surface area contributed by atoms with Crippen molar-refractivity contribution < 1.29 is 33.7 Å². The van der Waals surface area contributed by atoms with E-state index in [1.54, 1.807) is 6.92 Å². The van der Waals surface area contributed by atoms with Gasteiger partial charge in [0.1, 0.15) is 35.6 Å². The van der Waals surface area contributed by atoms with E-state index in [0.717, 1.165) is 22.9 Å². The highest BCUT2D eigenvalue weighted by atomic mass is 32.2. The van der Waals surface area contributed by atoms with Crippen molar-refractivity contribution in [3.63, 3.8) is 0 Å². The van der Waals surface area contributed by atoms with Crippen LogP contribution in [0.1, 0.15) is 47.3 Å². The molecule has 3 amide bonds. The van der Waals surface area contributed by atoms with Crippen LogP contribution >= 0.6 is 11.8 Å². The molecule has 2 aliphatic heterocycles. The molecule has 0 aliphatic carbocycles. The second kappa shape index (κ2) is 9.93. The van der Waals surface area contributed by atoms with E-state index in [2.05, 4.69) is 10.6 Å². The summed E-state index contributed by atoms with van der Waals surface area (Å²) in [6.07, 6.45) is -0.424. The maximum Gasteiger partial charge on any atom is 0.407 e. The van der Waals surface area contributed by atoms with Gasteiger partial charge in [0.15, 0.2) is 0 Å². The molecular formula is C26H30N2O7S. The van der Waals surface area contributed by atoms with Crippen LogP contribution in [0.15, 0.2) is 24.3 Å². The maximum atomic E-state index is 12.1. The highest BCUT2D eigenvalue weighted by molar-refractivity contribution is 8.15. The molecule has 192 valence electrons. The number of amides is 3. The molecule has 2 aromatic rings. The van der Waals surface area contributed by atoms with Gasteiger partial charge in [0, 0.05) is 24.6 Å². The fourth-order valence-electron chi connectivity index (χ4n) is 4.51. The number of rotatable bonds is 6. The number of carbonyl (C=O) groups is 3. The van der Waals surface area contributed by atoms with Gasteiger partial charge in [0.2, 0.25) is 5.91 Å². The number of phenols is 1. The highest BCUT2D eigenvalue weighted by Gasteiger charge is 2.43. The molecule has 9 nitrogen and oxygen atoms in total. The van der Waals surface area contributed by atoms with Crippen LogP contribution in [0.3, 0.4) is 0 Å². The van der Waals surface area contributed by atoms with Gasteiger partial charge in [-0.25, -0.2) is 4.79 Å². The standard InChI is InChI=1S/C26H30N2O7S/c1-13-14(2)22-20(15(3)21(13)29)18(34-24(31)27-5)11-26(4,35-22)12-33-17-8-6-16(7-9-17)10-19-23(30)28-25(32)36-19/h6-9,18-19,29H,10-12H2,1-5H3,(H,27,31)(H,28,30,32). The molecule has 3 N–H and O–H groups in total. The van der Waals surface area contributed by atoms with Crippen molar-refractivity contribution in [3.8, 4) is 17.2 Å². The minimum Gasteiger partial charge on any atom is -0.507 e. The van der Waals surface area contributed by atoms with Crippen molar-refractivity contribution in [3.05, 3.63) is 52.1 Å². The lowest BCUT2D eigenvalue weighted by atomic mass is 9.85. The summed E-state index contributed by atoms with van der Waals surface area (Å²) in [5.74, 6) is 1.10. The van der Waals surface area contributed by atoms with Crippen molar-refractivity contribution in [1.29, 1.82) is 0 Å². The first-order valence-corrected chi connectivity index (χ1v) is 12.5. The molecule has 0 aromatic heterocycles.